The standard InChI is InChI=1S/C27H41N3O2/c1-26(2)24-14-15-27(3,32-26)25(28-31-19-9-18-30-16-7-6-8-17-30)23(24)20-21-10-12-22(13-11-21)29(4)5/h10-13,20,24H,6-9,14-19H2,1-5H3/b23-20-,28-25-. The lowest BCUT2D eigenvalue weighted by molar-refractivity contribution is -0.165. The second kappa shape index (κ2) is 9.56. The van der Waals surface area contributed by atoms with Crippen molar-refractivity contribution in [3.63, 3.8) is 0 Å². The first kappa shape index (κ1) is 23.3. The molecule has 32 heavy (non-hydrogen) atoms. The van der Waals surface area contributed by atoms with Crippen molar-refractivity contribution in [1.29, 1.82) is 0 Å². The Balaban J connectivity index is 1.50. The average Bonchev–Trinajstić information content (AvgIpc) is 2.75. The molecule has 5 rings (SSSR count). The maximum atomic E-state index is 6.58. The Hall–Kier alpha value is -1.85. The monoisotopic (exact) mass is 439 g/mol. The summed E-state index contributed by atoms with van der Waals surface area (Å²) in [5.41, 5.74) is 4.09. The van der Waals surface area contributed by atoms with Crippen molar-refractivity contribution in [1.82, 2.24) is 4.90 Å². The number of oxime groups is 1. The summed E-state index contributed by atoms with van der Waals surface area (Å²) in [6.07, 6.45) is 9.49. The van der Waals surface area contributed by atoms with Gasteiger partial charge in [0.05, 0.1) is 5.60 Å². The van der Waals surface area contributed by atoms with Gasteiger partial charge in [0.2, 0.25) is 0 Å². The molecule has 3 saturated heterocycles. The molecule has 1 saturated carbocycles. The van der Waals surface area contributed by atoms with Crippen LogP contribution in [-0.2, 0) is 9.57 Å². The second-order valence-corrected chi connectivity index (χ2v) is 10.6. The van der Waals surface area contributed by atoms with E-state index < -0.39 is 0 Å². The molecule has 0 spiro atoms. The normalized spacial score (nSPS) is 30.1. The fourth-order valence-corrected chi connectivity index (χ4v) is 5.65. The van der Waals surface area contributed by atoms with Gasteiger partial charge in [-0.2, -0.15) is 0 Å². The molecule has 2 unspecified atom stereocenters. The van der Waals surface area contributed by atoms with Gasteiger partial charge in [-0.15, -0.1) is 0 Å². The van der Waals surface area contributed by atoms with Gasteiger partial charge in [0.25, 0.3) is 0 Å². The van der Waals surface area contributed by atoms with Crippen LogP contribution in [0.15, 0.2) is 35.0 Å². The first-order valence-electron chi connectivity index (χ1n) is 12.4. The minimum atomic E-state index is -0.388. The van der Waals surface area contributed by atoms with E-state index in [0.29, 0.717) is 12.5 Å². The summed E-state index contributed by atoms with van der Waals surface area (Å²) in [5.74, 6) is 0.327. The minimum Gasteiger partial charge on any atom is -0.395 e. The number of anilines is 1. The highest BCUT2D eigenvalue weighted by atomic mass is 16.6. The zero-order chi connectivity index (χ0) is 22.8. The Morgan fingerprint density at radius 3 is 2.50 bits per heavy atom. The lowest BCUT2D eigenvalue weighted by atomic mass is 9.64. The number of fused-ring (bicyclic) bond motifs is 3. The predicted octanol–water partition coefficient (Wildman–Crippen LogP) is 5.36. The van der Waals surface area contributed by atoms with E-state index in [1.54, 1.807) is 0 Å². The van der Waals surface area contributed by atoms with Crippen LogP contribution >= 0.6 is 0 Å². The summed E-state index contributed by atoms with van der Waals surface area (Å²) in [7, 11) is 4.14. The molecule has 5 heteroatoms. The second-order valence-electron chi connectivity index (χ2n) is 10.6. The van der Waals surface area contributed by atoms with E-state index >= 15 is 0 Å². The number of piperidine rings is 1. The number of nitrogens with zero attached hydrogens (tertiary/aromatic N) is 3. The highest BCUT2D eigenvalue weighted by molar-refractivity contribution is 6.10. The van der Waals surface area contributed by atoms with E-state index in [1.165, 1.54) is 49.2 Å². The molecule has 0 aromatic heterocycles. The van der Waals surface area contributed by atoms with E-state index in [9.17, 15) is 0 Å². The lowest BCUT2D eigenvalue weighted by Crippen LogP contribution is -2.60. The number of benzene rings is 1. The van der Waals surface area contributed by atoms with Gasteiger partial charge >= 0.3 is 0 Å². The van der Waals surface area contributed by atoms with Crippen LogP contribution in [0.2, 0.25) is 0 Å². The Morgan fingerprint density at radius 2 is 1.84 bits per heavy atom. The van der Waals surface area contributed by atoms with E-state index in [2.05, 4.69) is 75.0 Å². The van der Waals surface area contributed by atoms with Gasteiger partial charge in [0.15, 0.2) is 0 Å². The summed E-state index contributed by atoms with van der Waals surface area (Å²) in [5, 5.41) is 4.71. The SMILES string of the molecule is CN(C)c1ccc(/C=C2\C(=N\OCCCN3CCCCC3)C3(C)CCC2C(C)(C)O3)cc1. The minimum absolute atomic E-state index is 0.199. The van der Waals surface area contributed by atoms with Crippen LogP contribution in [0.3, 0.4) is 0 Å². The molecule has 3 aliphatic heterocycles. The number of hydrogen-bond acceptors (Lipinski definition) is 5. The Labute approximate surface area is 194 Å². The molecule has 1 aromatic rings. The molecule has 1 aliphatic carbocycles. The van der Waals surface area contributed by atoms with Gasteiger partial charge in [-0.25, -0.2) is 0 Å². The lowest BCUT2D eigenvalue weighted by Gasteiger charge is -2.55. The smallest absolute Gasteiger partial charge is 0.118 e. The molecule has 1 aromatic carbocycles. The third-order valence-electron chi connectivity index (χ3n) is 7.43. The zero-order valence-corrected chi connectivity index (χ0v) is 20.7. The molecule has 4 aliphatic rings. The highest BCUT2D eigenvalue weighted by Crippen LogP contribution is 2.51. The van der Waals surface area contributed by atoms with Crippen molar-refractivity contribution < 1.29 is 9.57 Å². The van der Waals surface area contributed by atoms with Gasteiger partial charge in [-0.3, -0.25) is 0 Å². The van der Waals surface area contributed by atoms with Crippen molar-refractivity contribution in [3.8, 4) is 0 Å². The van der Waals surface area contributed by atoms with Crippen LogP contribution in [0.4, 0.5) is 5.69 Å². The summed E-state index contributed by atoms with van der Waals surface area (Å²) in [6.45, 7) is 10.9. The molecule has 3 heterocycles. The molecule has 4 fully saturated rings. The van der Waals surface area contributed by atoms with Crippen molar-refractivity contribution in [2.24, 2.45) is 11.1 Å². The number of rotatable bonds is 7. The topological polar surface area (TPSA) is 37.3 Å². The third kappa shape index (κ3) is 5.04. The highest BCUT2D eigenvalue weighted by Gasteiger charge is 2.55. The summed E-state index contributed by atoms with van der Waals surface area (Å²) in [4.78, 5) is 10.6. The Bertz CT molecular complexity index is 837. The van der Waals surface area contributed by atoms with Crippen LogP contribution < -0.4 is 4.90 Å². The van der Waals surface area contributed by atoms with Gasteiger partial charge in [-0.05, 0) is 95.3 Å². The van der Waals surface area contributed by atoms with Gasteiger partial charge < -0.3 is 19.4 Å². The molecular weight excluding hydrogens is 398 g/mol. The van der Waals surface area contributed by atoms with Gasteiger partial charge in [0.1, 0.15) is 17.9 Å². The first-order valence-corrected chi connectivity index (χ1v) is 12.4. The largest absolute Gasteiger partial charge is 0.395 e. The number of likely N-dealkylation sites (tertiary alicyclic amines) is 1. The maximum Gasteiger partial charge on any atom is 0.118 e. The zero-order valence-electron chi connectivity index (χ0n) is 20.7. The van der Waals surface area contributed by atoms with Crippen LogP contribution in [0, 0.1) is 5.92 Å². The molecule has 5 nitrogen and oxygen atoms in total. The molecular formula is C27H41N3O2. The number of ether oxygens (including phenoxy) is 1. The van der Waals surface area contributed by atoms with Crippen LogP contribution in [0.25, 0.3) is 6.08 Å². The Kier molecular flexibility index (Phi) is 6.97. The molecule has 0 amide bonds. The summed E-state index contributed by atoms with van der Waals surface area (Å²) >= 11 is 0. The van der Waals surface area contributed by atoms with Crippen LogP contribution in [0.1, 0.15) is 64.9 Å². The predicted molar refractivity (Wildman–Crippen MR) is 133 cm³/mol. The quantitative estimate of drug-likeness (QED) is 0.423. The van der Waals surface area contributed by atoms with E-state index in [1.807, 2.05) is 0 Å². The van der Waals surface area contributed by atoms with Crippen molar-refractivity contribution in [2.45, 2.75) is 70.5 Å². The average molecular weight is 440 g/mol. The molecule has 0 radical (unpaired) electrons. The van der Waals surface area contributed by atoms with Crippen molar-refractivity contribution >= 4 is 17.5 Å². The molecule has 2 bridgehead atoms. The van der Waals surface area contributed by atoms with E-state index in [-0.39, 0.29) is 11.2 Å². The summed E-state index contributed by atoms with van der Waals surface area (Å²) in [6, 6.07) is 8.73. The van der Waals surface area contributed by atoms with Crippen LogP contribution in [-0.4, -0.2) is 62.2 Å². The van der Waals surface area contributed by atoms with Gasteiger partial charge in [0, 0.05) is 32.2 Å². The Morgan fingerprint density at radius 1 is 1.12 bits per heavy atom. The van der Waals surface area contributed by atoms with Crippen molar-refractivity contribution in [3.05, 3.63) is 35.4 Å². The van der Waals surface area contributed by atoms with E-state index in [4.69, 9.17) is 14.7 Å². The first-order chi connectivity index (χ1) is 15.3. The maximum absolute atomic E-state index is 6.58. The fraction of sp³-hybridized carbons (Fsp3) is 0.667. The fourth-order valence-electron chi connectivity index (χ4n) is 5.65. The molecule has 0 N–H and O–H groups in total. The third-order valence-corrected chi connectivity index (χ3v) is 7.43. The van der Waals surface area contributed by atoms with Gasteiger partial charge in [-0.1, -0.05) is 23.7 Å². The van der Waals surface area contributed by atoms with E-state index in [0.717, 1.165) is 31.5 Å². The number of hydrogen-bond donors (Lipinski definition) is 0. The molecule has 176 valence electrons. The summed E-state index contributed by atoms with van der Waals surface area (Å²) < 4.78 is 6.58. The van der Waals surface area contributed by atoms with Crippen molar-refractivity contribution in [2.75, 3.05) is 45.2 Å². The molecule has 2 atom stereocenters. The van der Waals surface area contributed by atoms with Crippen LogP contribution in [0.5, 0.6) is 0 Å².